The molecule has 3 aliphatic heterocycles. The summed E-state index contributed by atoms with van der Waals surface area (Å²) in [6.45, 7) is 9.79. The van der Waals surface area contributed by atoms with E-state index in [9.17, 15) is 24.6 Å². The number of halogens is 1. The van der Waals surface area contributed by atoms with E-state index in [0.717, 1.165) is 18.2 Å². The molecule has 0 spiro atoms. The highest BCUT2D eigenvalue weighted by Gasteiger charge is 2.54. The smallest absolute Gasteiger partial charge is 0.351 e. The van der Waals surface area contributed by atoms with Crippen LogP contribution in [0.25, 0.3) is 5.69 Å². The van der Waals surface area contributed by atoms with Crippen LogP contribution < -0.4 is 5.73 Å². The second kappa shape index (κ2) is 18.6. The van der Waals surface area contributed by atoms with Gasteiger partial charge in [-0.2, -0.15) is 5.10 Å². The summed E-state index contributed by atoms with van der Waals surface area (Å²) in [5.74, 6) is -5.77. The summed E-state index contributed by atoms with van der Waals surface area (Å²) >= 11 is 0. The lowest BCUT2D eigenvalue weighted by molar-refractivity contribution is -0.284. The fourth-order valence-electron chi connectivity index (χ4n) is 8.14. The van der Waals surface area contributed by atoms with Crippen molar-refractivity contribution in [3.63, 3.8) is 0 Å². The van der Waals surface area contributed by atoms with E-state index in [1.54, 1.807) is 37.7 Å². The van der Waals surface area contributed by atoms with Crippen molar-refractivity contribution >= 4 is 29.1 Å². The molecule has 0 radical (unpaired) electrons. The van der Waals surface area contributed by atoms with Crippen molar-refractivity contribution < 1.29 is 57.5 Å². The van der Waals surface area contributed by atoms with Gasteiger partial charge in [0.2, 0.25) is 0 Å². The summed E-state index contributed by atoms with van der Waals surface area (Å²) in [4.78, 5) is 49.7. The number of esters is 1. The third-order valence-corrected chi connectivity index (χ3v) is 11.6. The second-order valence-corrected chi connectivity index (χ2v) is 16.5. The topological polar surface area (TPSA) is 206 Å². The number of rotatable bonds is 8. The molecule has 58 heavy (non-hydrogen) atoms. The summed E-state index contributed by atoms with van der Waals surface area (Å²) in [5, 5.41) is 32.1. The highest BCUT2D eigenvalue weighted by Crippen LogP contribution is 2.37. The number of carbonyl (C=O) groups is 3. The van der Waals surface area contributed by atoms with Gasteiger partial charge >= 0.3 is 5.97 Å². The Kier molecular flexibility index (Phi) is 14.5. The number of ether oxygens (including phenoxy) is 5. The maximum Gasteiger partial charge on any atom is 0.351 e. The van der Waals surface area contributed by atoms with Gasteiger partial charge in [-0.25, -0.2) is 13.9 Å². The molecule has 1 aromatic carbocycles. The van der Waals surface area contributed by atoms with Crippen molar-refractivity contribution in [2.75, 3.05) is 33.0 Å². The van der Waals surface area contributed by atoms with Crippen LogP contribution in [-0.2, 0) is 49.5 Å². The van der Waals surface area contributed by atoms with Gasteiger partial charge in [0, 0.05) is 36.1 Å². The average molecular weight is 818 g/mol. The molecule has 322 valence electrons. The van der Waals surface area contributed by atoms with E-state index in [1.165, 1.54) is 13.8 Å². The number of anilines is 1. The van der Waals surface area contributed by atoms with Gasteiger partial charge in [0.1, 0.15) is 41.7 Å². The van der Waals surface area contributed by atoms with Crippen LogP contribution in [0.15, 0.2) is 41.7 Å². The van der Waals surface area contributed by atoms with E-state index in [-0.39, 0.29) is 56.3 Å². The second-order valence-electron chi connectivity index (χ2n) is 16.5. The molecular weight excluding hydrogens is 757 g/mol. The summed E-state index contributed by atoms with van der Waals surface area (Å²) in [6.07, 6.45) is -5.85. The lowest BCUT2D eigenvalue weighted by atomic mass is 9.77. The van der Waals surface area contributed by atoms with E-state index in [0.29, 0.717) is 12.2 Å². The molecule has 3 fully saturated rings. The molecule has 2 aromatic rings. The number of aliphatic hydroxyl groups is 2. The first kappa shape index (κ1) is 45.2. The molecule has 4 heterocycles. The van der Waals surface area contributed by atoms with Crippen molar-refractivity contribution in [2.45, 2.75) is 135 Å². The minimum Gasteiger partial charge on any atom is -0.457 e. The Balaban J connectivity index is 1.55. The minimum atomic E-state index is -3.20. The molecule has 0 aliphatic carbocycles. The number of aromatic nitrogens is 2. The Hall–Kier alpha value is -3.84. The number of benzene rings is 1. The molecule has 4 N–H and O–H groups in total. The van der Waals surface area contributed by atoms with Gasteiger partial charge < -0.3 is 49.4 Å². The zero-order valence-corrected chi connectivity index (χ0v) is 34.9. The number of nitrogens with two attached hydrogens (primary N) is 1. The van der Waals surface area contributed by atoms with Crippen molar-refractivity contribution in [1.82, 2.24) is 14.7 Å². The SMILES string of the molecule is CC[C@H]1OC(=O)[C@@](C)(F)C(=O)[C@H](C)[C@@H](O[C@@H]2O[C@H](C)C[C@H](N(C)C)[C@H]2O)[C@H]2C[C@@H](C)C(=O)[C@H](C)[C@H](OC/C(=N\OCc3ccc(-n4ccc(N)n4)cc3)CO2)[C@]1(C)O. The van der Waals surface area contributed by atoms with Crippen molar-refractivity contribution in [3.05, 3.63) is 42.1 Å². The van der Waals surface area contributed by atoms with E-state index < -0.39 is 77.6 Å². The standard InChI is InChI=1S/C41H60FN5O11/c1-10-31-41(7,52)37-24(4)33(48)22(2)17-30(53-20-27(21-54-37)45-55-19-26-11-13-28(14-12-26)47-16-15-32(43)44-47)35(25(5)36(50)40(6,42)39(51)57-31)58-38-34(49)29(46(8)9)18-23(3)56-38/h11-16,22-25,29-31,34-35,37-38,49,52H,10,17-21H2,1-9H3,(H2,43,44)/b45-27-/t22-,23-,24+,25-,29+,30-,31-,34-,35-,37+,38+,40+,41-/m1/s1. The largest absolute Gasteiger partial charge is 0.457 e. The van der Waals surface area contributed by atoms with Crippen LogP contribution in [0.2, 0.25) is 0 Å². The fraction of sp³-hybridized carbons (Fsp3) is 0.683. The van der Waals surface area contributed by atoms with E-state index >= 15 is 4.39 Å². The number of carbonyl (C=O) groups excluding carboxylic acids is 3. The van der Waals surface area contributed by atoms with Crippen LogP contribution in [0.4, 0.5) is 10.2 Å². The van der Waals surface area contributed by atoms with Gasteiger partial charge in [-0.1, -0.05) is 45.0 Å². The fourth-order valence-corrected chi connectivity index (χ4v) is 8.14. The predicted octanol–water partition coefficient (Wildman–Crippen LogP) is 3.17. The van der Waals surface area contributed by atoms with Crippen LogP contribution in [-0.4, -0.2) is 136 Å². The highest BCUT2D eigenvalue weighted by molar-refractivity contribution is 6.07. The van der Waals surface area contributed by atoms with Gasteiger partial charge in [-0.05, 0) is 71.8 Å². The number of ketones is 2. The molecule has 0 amide bonds. The van der Waals surface area contributed by atoms with E-state index in [1.807, 2.05) is 50.2 Å². The molecule has 16 nitrogen and oxygen atoms in total. The number of fused-ring (bicyclic) bond motifs is 5. The number of hydrogen-bond donors (Lipinski definition) is 3. The summed E-state index contributed by atoms with van der Waals surface area (Å²) < 4.78 is 49.3. The minimum absolute atomic E-state index is 0.00935. The van der Waals surface area contributed by atoms with Crippen LogP contribution >= 0.6 is 0 Å². The molecule has 3 aliphatic rings. The molecule has 5 rings (SSSR count). The molecule has 0 saturated carbocycles. The predicted molar refractivity (Wildman–Crippen MR) is 209 cm³/mol. The third kappa shape index (κ3) is 9.95. The molecule has 1 aromatic heterocycles. The molecule has 17 heteroatoms. The van der Waals surface area contributed by atoms with Crippen LogP contribution in [0.1, 0.15) is 73.3 Å². The Bertz CT molecular complexity index is 1770. The molecule has 3 saturated heterocycles. The average Bonchev–Trinajstić information content (AvgIpc) is 3.61. The van der Waals surface area contributed by atoms with Crippen molar-refractivity contribution in [3.8, 4) is 5.69 Å². The zero-order chi connectivity index (χ0) is 42.7. The molecule has 13 atom stereocenters. The lowest BCUT2D eigenvalue weighted by Crippen LogP contribution is -2.59. The summed E-state index contributed by atoms with van der Waals surface area (Å²) in [7, 11) is 3.62. The first-order chi connectivity index (χ1) is 27.3. The summed E-state index contributed by atoms with van der Waals surface area (Å²) in [6, 6.07) is 8.66. The maximum atomic E-state index is 16.6. The number of cyclic esters (lactones) is 1. The number of likely N-dealkylation sites (N-methyl/N-ethyl adjacent to an activating group) is 1. The summed E-state index contributed by atoms with van der Waals surface area (Å²) in [5.41, 5.74) is 2.29. The normalized spacial score (nSPS) is 37.8. The van der Waals surface area contributed by atoms with Gasteiger partial charge in [0.05, 0.1) is 43.3 Å². The van der Waals surface area contributed by atoms with Crippen LogP contribution in [0, 0.1) is 17.8 Å². The Morgan fingerprint density at radius 3 is 2.33 bits per heavy atom. The van der Waals surface area contributed by atoms with Gasteiger partial charge in [-0.15, -0.1) is 0 Å². The van der Waals surface area contributed by atoms with Crippen LogP contribution in [0.5, 0.6) is 0 Å². The first-order valence-corrected chi connectivity index (χ1v) is 19.9. The number of aliphatic hydroxyl groups excluding tert-OH is 1. The Morgan fingerprint density at radius 2 is 1.71 bits per heavy atom. The number of oxime groups is 1. The Labute approximate surface area is 339 Å². The Morgan fingerprint density at radius 1 is 1.03 bits per heavy atom. The third-order valence-electron chi connectivity index (χ3n) is 11.6. The molecule has 2 bridgehead atoms. The van der Waals surface area contributed by atoms with Crippen molar-refractivity contribution in [1.29, 1.82) is 0 Å². The lowest BCUT2D eigenvalue weighted by Gasteiger charge is -2.44. The maximum absolute atomic E-state index is 16.6. The first-order valence-electron chi connectivity index (χ1n) is 19.9. The monoisotopic (exact) mass is 817 g/mol. The number of nitrogen functional groups attached to an aromatic ring is 1. The van der Waals surface area contributed by atoms with E-state index in [4.69, 9.17) is 34.3 Å². The zero-order valence-electron chi connectivity index (χ0n) is 34.9. The number of hydrogen-bond acceptors (Lipinski definition) is 15. The number of Topliss-reactive ketones (excluding diaryl/α,β-unsaturated/α-hetero) is 2. The van der Waals surface area contributed by atoms with Gasteiger partial charge in [-0.3, -0.25) is 9.59 Å². The van der Waals surface area contributed by atoms with E-state index in [2.05, 4.69) is 10.3 Å². The number of nitrogens with zero attached hydrogens (tertiary/aromatic N) is 4. The van der Waals surface area contributed by atoms with Gasteiger partial charge in [0.15, 0.2) is 12.1 Å². The molecule has 0 unspecified atom stereocenters. The van der Waals surface area contributed by atoms with Crippen LogP contribution in [0.3, 0.4) is 0 Å². The number of alkyl halides is 1. The van der Waals surface area contributed by atoms with Gasteiger partial charge in [0.25, 0.3) is 5.67 Å². The quantitative estimate of drug-likeness (QED) is 0.199. The molecular formula is C41H60FN5O11. The van der Waals surface area contributed by atoms with Crippen molar-refractivity contribution in [2.24, 2.45) is 22.9 Å². The highest BCUT2D eigenvalue weighted by atomic mass is 19.1.